The van der Waals surface area contributed by atoms with E-state index >= 15 is 0 Å². The molecule has 1 aliphatic heterocycles. The predicted molar refractivity (Wildman–Crippen MR) is 92.5 cm³/mol. The maximum absolute atomic E-state index is 12.2. The molecule has 0 unspecified atom stereocenters. The zero-order valence-electron chi connectivity index (χ0n) is 15.5. The Morgan fingerprint density at radius 1 is 1.17 bits per heavy atom. The molecule has 1 aliphatic rings. The van der Waals surface area contributed by atoms with E-state index in [2.05, 4.69) is 33.8 Å². The number of carbonyl (C=O) groups is 1. The van der Waals surface area contributed by atoms with Crippen LogP contribution < -0.4 is 0 Å². The molecular weight excluding hydrogens is 306 g/mol. The molecule has 1 aromatic rings. The molecule has 1 aromatic heterocycles. The van der Waals surface area contributed by atoms with E-state index < -0.39 is 0 Å². The first kappa shape index (κ1) is 18.9. The molecular formula is C17H31N5O2. The van der Waals surface area contributed by atoms with E-state index in [1.165, 1.54) is 0 Å². The van der Waals surface area contributed by atoms with E-state index in [9.17, 15) is 4.79 Å². The lowest BCUT2D eigenvalue weighted by molar-refractivity contribution is -0.132. The zero-order valence-corrected chi connectivity index (χ0v) is 15.5. The summed E-state index contributed by atoms with van der Waals surface area (Å²) in [7, 11) is 0. The minimum atomic E-state index is 0.226. The number of piperazine rings is 1. The van der Waals surface area contributed by atoms with Crippen LogP contribution in [0.25, 0.3) is 0 Å². The van der Waals surface area contributed by atoms with E-state index in [1.54, 1.807) is 0 Å². The van der Waals surface area contributed by atoms with Crippen LogP contribution in [0.1, 0.15) is 39.4 Å². The summed E-state index contributed by atoms with van der Waals surface area (Å²) in [6.45, 7) is 14.8. The number of aromatic nitrogens is 2. The van der Waals surface area contributed by atoms with Gasteiger partial charge in [0.05, 0.1) is 13.1 Å². The van der Waals surface area contributed by atoms with Gasteiger partial charge in [-0.3, -0.25) is 14.6 Å². The van der Waals surface area contributed by atoms with Crippen LogP contribution in [0.15, 0.2) is 4.52 Å². The first-order valence-electron chi connectivity index (χ1n) is 9.05. The number of hydrogen-bond acceptors (Lipinski definition) is 6. The molecule has 2 rings (SSSR count). The third-order valence-corrected chi connectivity index (χ3v) is 4.40. The summed E-state index contributed by atoms with van der Waals surface area (Å²) in [5.41, 5.74) is 0. The molecule has 1 amide bonds. The molecule has 0 saturated carbocycles. The fraction of sp³-hybridized carbons (Fsp3) is 0.824. The first-order valence-corrected chi connectivity index (χ1v) is 9.05. The van der Waals surface area contributed by atoms with Crippen molar-refractivity contribution in [3.05, 3.63) is 11.7 Å². The van der Waals surface area contributed by atoms with E-state index in [-0.39, 0.29) is 5.91 Å². The number of rotatable bonds is 8. The van der Waals surface area contributed by atoms with Gasteiger partial charge in [-0.2, -0.15) is 4.98 Å². The van der Waals surface area contributed by atoms with Crippen LogP contribution in [0, 0.1) is 5.92 Å². The lowest BCUT2D eigenvalue weighted by Crippen LogP contribution is -2.49. The highest BCUT2D eigenvalue weighted by atomic mass is 16.5. The van der Waals surface area contributed by atoms with Crippen LogP contribution in [-0.4, -0.2) is 76.6 Å². The molecule has 0 aromatic carbocycles. The van der Waals surface area contributed by atoms with Gasteiger partial charge in [0.25, 0.3) is 0 Å². The summed E-state index contributed by atoms with van der Waals surface area (Å²) in [6.07, 6.45) is 0.852. The summed E-state index contributed by atoms with van der Waals surface area (Å²) < 4.78 is 5.34. The second-order valence-corrected chi connectivity index (χ2v) is 6.82. The van der Waals surface area contributed by atoms with Gasteiger partial charge in [0.2, 0.25) is 11.8 Å². The van der Waals surface area contributed by atoms with Crippen molar-refractivity contribution in [2.45, 2.75) is 40.7 Å². The number of nitrogens with zero attached hydrogens (tertiary/aromatic N) is 5. The fourth-order valence-electron chi connectivity index (χ4n) is 2.97. The summed E-state index contributed by atoms with van der Waals surface area (Å²) in [4.78, 5) is 23.1. The first-order chi connectivity index (χ1) is 11.5. The van der Waals surface area contributed by atoms with Gasteiger partial charge in [0.1, 0.15) is 0 Å². The Hall–Kier alpha value is -1.47. The Labute approximate surface area is 145 Å². The Morgan fingerprint density at radius 3 is 2.38 bits per heavy atom. The average Bonchev–Trinajstić information content (AvgIpc) is 2.96. The molecule has 0 N–H and O–H groups in total. The normalized spacial score (nSPS) is 16.7. The largest absolute Gasteiger partial charge is 0.342 e. The van der Waals surface area contributed by atoms with Gasteiger partial charge in [-0.05, 0) is 19.8 Å². The quantitative estimate of drug-likeness (QED) is 0.711. The summed E-state index contributed by atoms with van der Waals surface area (Å²) in [5.74, 6) is 2.24. The van der Waals surface area contributed by atoms with Crippen molar-refractivity contribution >= 4 is 5.91 Å². The topological polar surface area (TPSA) is 65.7 Å². The SMILES string of the molecule is CCN(CC)C(=O)CN1CCN(Cc2nc(CC(C)C)no2)CC1. The zero-order chi connectivity index (χ0) is 17.5. The van der Waals surface area contributed by atoms with Crippen LogP contribution in [0.2, 0.25) is 0 Å². The van der Waals surface area contributed by atoms with Crippen molar-refractivity contribution in [3.8, 4) is 0 Å². The Morgan fingerprint density at radius 2 is 1.79 bits per heavy atom. The van der Waals surface area contributed by atoms with Gasteiger partial charge in [0.15, 0.2) is 5.82 Å². The Bertz CT molecular complexity index is 505. The number of carbonyl (C=O) groups excluding carboxylic acids is 1. The molecule has 1 saturated heterocycles. The van der Waals surface area contributed by atoms with Gasteiger partial charge in [-0.15, -0.1) is 0 Å². The van der Waals surface area contributed by atoms with E-state index in [0.29, 0.717) is 24.9 Å². The summed E-state index contributed by atoms with van der Waals surface area (Å²) in [5, 5.41) is 4.04. The molecule has 0 spiro atoms. The third-order valence-electron chi connectivity index (χ3n) is 4.40. The number of hydrogen-bond donors (Lipinski definition) is 0. The highest BCUT2D eigenvalue weighted by molar-refractivity contribution is 5.78. The second-order valence-electron chi connectivity index (χ2n) is 6.82. The van der Waals surface area contributed by atoms with Crippen LogP contribution in [0.4, 0.5) is 0 Å². The molecule has 0 bridgehead atoms. The lowest BCUT2D eigenvalue weighted by atomic mass is 10.1. The highest BCUT2D eigenvalue weighted by Gasteiger charge is 2.22. The summed E-state index contributed by atoms with van der Waals surface area (Å²) in [6, 6.07) is 0. The standard InChI is InChI=1S/C17H31N5O2/c1-5-22(6-2)17(23)13-21-9-7-20(8-10-21)12-16-18-15(19-24-16)11-14(3)4/h14H,5-13H2,1-4H3. The van der Waals surface area contributed by atoms with Gasteiger partial charge in [-0.1, -0.05) is 19.0 Å². The monoisotopic (exact) mass is 337 g/mol. The molecule has 2 heterocycles. The van der Waals surface area contributed by atoms with Crippen molar-refractivity contribution in [1.82, 2.24) is 24.8 Å². The molecule has 7 heteroatoms. The smallest absolute Gasteiger partial charge is 0.240 e. The molecule has 0 radical (unpaired) electrons. The van der Waals surface area contributed by atoms with Crippen LogP contribution >= 0.6 is 0 Å². The number of likely N-dealkylation sites (N-methyl/N-ethyl adjacent to an activating group) is 1. The third kappa shape index (κ3) is 5.56. The van der Waals surface area contributed by atoms with Crippen molar-refractivity contribution in [1.29, 1.82) is 0 Å². The van der Waals surface area contributed by atoms with Crippen molar-refractivity contribution < 1.29 is 9.32 Å². The maximum Gasteiger partial charge on any atom is 0.240 e. The van der Waals surface area contributed by atoms with E-state index in [1.807, 2.05) is 18.7 Å². The van der Waals surface area contributed by atoms with Crippen LogP contribution in [0.5, 0.6) is 0 Å². The minimum Gasteiger partial charge on any atom is -0.342 e. The van der Waals surface area contributed by atoms with Gasteiger partial charge in [-0.25, -0.2) is 0 Å². The van der Waals surface area contributed by atoms with E-state index in [4.69, 9.17) is 4.52 Å². The maximum atomic E-state index is 12.2. The minimum absolute atomic E-state index is 0.226. The van der Waals surface area contributed by atoms with Crippen molar-refractivity contribution in [2.75, 3.05) is 45.8 Å². The molecule has 24 heavy (non-hydrogen) atoms. The molecule has 0 atom stereocenters. The fourth-order valence-corrected chi connectivity index (χ4v) is 2.97. The Kier molecular flexibility index (Phi) is 7.17. The second kappa shape index (κ2) is 9.13. The predicted octanol–water partition coefficient (Wildman–Crippen LogP) is 1.25. The highest BCUT2D eigenvalue weighted by Crippen LogP contribution is 2.09. The van der Waals surface area contributed by atoms with Gasteiger partial charge in [0, 0.05) is 45.7 Å². The molecule has 136 valence electrons. The van der Waals surface area contributed by atoms with Crippen LogP contribution in [-0.2, 0) is 17.8 Å². The van der Waals surface area contributed by atoms with Crippen LogP contribution in [0.3, 0.4) is 0 Å². The lowest BCUT2D eigenvalue weighted by Gasteiger charge is -2.34. The van der Waals surface area contributed by atoms with E-state index in [0.717, 1.165) is 51.5 Å². The Balaban J connectivity index is 1.74. The summed E-state index contributed by atoms with van der Waals surface area (Å²) >= 11 is 0. The molecule has 1 fully saturated rings. The van der Waals surface area contributed by atoms with Gasteiger partial charge >= 0.3 is 0 Å². The van der Waals surface area contributed by atoms with Crippen molar-refractivity contribution in [3.63, 3.8) is 0 Å². The van der Waals surface area contributed by atoms with Crippen molar-refractivity contribution in [2.24, 2.45) is 5.92 Å². The molecule has 0 aliphatic carbocycles. The number of amides is 1. The van der Waals surface area contributed by atoms with Gasteiger partial charge < -0.3 is 9.42 Å². The average molecular weight is 337 g/mol. The molecule has 7 nitrogen and oxygen atoms in total.